The van der Waals surface area contributed by atoms with Gasteiger partial charge in [-0.1, -0.05) is 29.8 Å². The van der Waals surface area contributed by atoms with Crippen molar-refractivity contribution >= 4 is 33.2 Å². The molecule has 0 unspecified atom stereocenters. The third-order valence-corrected chi connectivity index (χ3v) is 6.98. The molecule has 0 saturated heterocycles. The van der Waals surface area contributed by atoms with Crippen LogP contribution in [0.3, 0.4) is 0 Å². The van der Waals surface area contributed by atoms with Gasteiger partial charge in [0.15, 0.2) is 0 Å². The first-order valence-electron chi connectivity index (χ1n) is 9.36. The number of aryl methyl sites for hydroxylation is 2. The lowest BCUT2D eigenvalue weighted by molar-refractivity contribution is 0.102. The summed E-state index contributed by atoms with van der Waals surface area (Å²) in [6.07, 6.45) is 0. The van der Waals surface area contributed by atoms with Crippen molar-refractivity contribution in [3.8, 4) is 0 Å². The molecule has 1 N–H and O–H groups in total. The van der Waals surface area contributed by atoms with Crippen LogP contribution in [-0.2, 0) is 16.6 Å². The molecular formula is C23H23ClN2O3S. The summed E-state index contributed by atoms with van der Waals surface area (Å²) in [4.78, 5) is 12.7. The van der Waals surface area contributed by atoms with E-state index in [2.05, 4.69) is 5.32 Å². The van der Waals surface area contributed by atoms with Gasteiger partial charge >= 0.3 is 0 Å². The second kappa shape index (κ2) is 9.00. The third-order valence-electron chi connectivity index (χ3n) is 4.91. The van der Waals surface area contributed by atoms with Gasteiger partial charge in [0.2, 0.25) is 10.0 Å². The Morgan fingerprint density at radius 2 is 1.57 bits per heavy atom. The topological polar surface area (TPSA) is 66.5 Å². The number of sulfonamides is 1. The largest absolute Gasteiger partial charge is 0.322 e. The van der Waals surface area contributed by atoms with Gasteiger partial charge < -0.3 is 5.32 Å². The number of nitrogens with zero attached hydrogens (tertiary/aromatic N) is 1. The smallest absolute Gasteiger partial charge is 0.255 e. The molecule has 0 aliphatic carbocycles. The quantitative estimate of drug-likeness (QED) is 0.582. The van der Waals surface area contributed by atoms with Crippen molar-refractivity contribution in [2.75, 3.05) is 12.4 Å². The first kappa shape index (κ1) is 22.0. The summed E-state index contributed by atoms with van der Waals surface area (Å²) in [5.74, 6) is -0.216. The summed E-state index contributed by atoms with van der Waals surface area (Å²) in [5, 5.41) is 3.36. The average molecular weight is 443 g/mol. The molecule has 1 amide bonds. The number of rotatable bonds is 6. The van der Waals surface area contributed by atoms with Crippen LogP contribution in [0.15, 0.2) is 71.6 Å². The van der Waals surface area contributed by atoms with E-state index in [1.165, 1.54) is 23.5 Å². The Kier molecular flexibility index (Phi) is 6.61. The molecule has 0 saturated carbocycles. The molecule has 0 heterocycles. The zero-order chi connectivity index (χ0) is 21.9. The number of carbonyl (C=O) groups excluding carboxylic acids is 1. The molecule has 0 bridgehead atoms. The molecular weight excluding hydrogens is 420 g/mol. The van der Waals surface area contributed by atoms with Crippen LogP contribution in [0.1, 0.15) is 27.0 Å². The molecule has 3 aromatic rings. The van der Waals surface area contributed by atoms with Gasteiger partial charge in [-0.05, 0) is 79.1 Å². The lowest BCUT2D eigenvalue weighted by Crippen LogP contribution is -2.26. The second-order valence-corrected chi connectivity index (χ2v) is 9.65. The van der Waals surface area contributed by atoms with E-state index in [0.29, 0.717) is 10.6 Å². The maximum atomic E-state index is 12.7. The predicted octanol–water partition coefficient (Wildman–Crippen LogP) is 5.03. The lowest BCUT2D eigenvalue weighted by atomic mass is 10.1. The number of halogens is 1. The molecule has 0 radical (unpaired) electrons. The number of anilines is 1. The van der Waals surface area contributed by atoms with E-state index in [1.807, 2.05) is 32.0 Å². The van der Waals surface area contributed by atoms with Crippen molar-refractivity contribution in [2.24, 2.45) is 0 Å². The molecule has 0 aliphatic rings. The fourth-order valence-electron chi connectivity index (χ4n) is 2.91. The summed E-state index contributed by atoms with van der Waals surface area (Å²) in [6.45, 7) is 4.20. The summed E-state index contributed by atoms with van der Waals surface area (Å²) in [7, 11) is -2.12. The Morgan fingerprint density at radius 3 is 2.17 bits per heavy atom. The molecule has 0 fully saturated rings. The minimum Gasteiger partial charge on any atom is -0.322 e. The summed E-state index contributed by atoms with van der Waals surface area (Å²) < 4.78 is 26.7. The van der Waals surface area contributed by atoms with Crippen molar-refractivity contribution in [2.45, 2.75) is 25.3 Å². The van der Waals surface area contributed by atoms with E-state index in [1.54, 1.807) is 36.4 Å². The Labute approximate surface area is 182 Å². The molecule has 156 valence electrons. The summed E-state index contributed by atoms with van der Waals surface area (Å²) >= 11 is 5.84. The summed E-state index contributed by atoms with van der Waals surface area (Å²) in [5.41, 5.74) is 4.28. The number of hydrogen-bond acceptors (Lipinski definition) is 3. The van der Waals surface area contributed by atoms with Gasteiger partial charge in [0.1, 0.15) is 0 Å². The predicted molar refractivity (Wildman–Crippen MR) is 120 cm³/mol. The molecule has 0 aromatic heterocycles. The highest BCUT2D eigenvalue weighted by molar-refractivity contribution is 7.89. The van der Waals surface area contributed by atoms with Crippen molar-refractivity contribution in [3.05, 3.63) is 94.0 Å². The normalized spacial score (nSPS) is 11.5. The lowest BCUT2D eigenvalue weighted by Gasteiger charge is -2.17. The molecule has 0 atom stereocenters. The standard InChI is InChI=1S/C23H23ClN2O3S/c1-16-4-11-21(14-17(16)2)25-23(27)19-7-5-18(6-8-19)15-26(3)30(28,29)22-12-9-20(24)10-13-22/h4-14H,15H2,1-3H3,(H,25,27). The second-order valence-electron chi connectivity index (χ2n) is 7.17. The van der Waals surface area contributed by atoms with Gasteiger partial charge in [0, 0.05) is 29.9 Å². The third kappa shape index (κ3) is 5.08. The molecule has 3 aromatic carbocycles. The number of amides is 1. The van der Waals surface area contributed by atoms with Crippen LogP contribution in [0.2, 0.25) is 5.02 Å². The molecule has 3 rings (SSSR count). The van der Waals surface area contributed by atoms with Crippen LogP contribution >= 0.6 is 11.6 Å². The van der Waals surface area contributed by atoms with E-state index in [9.17, 15) is 13.2 Å². The van der Waals surface area contributed by atoms with E-state index in [0.717, 1.165) is 22.4 Å². The Balaban J connectivity index is 1.68. The minimum absolute atomic E-state index is 0.179. The summed E-state index contributed by atoms with van der Waals surface area (Å²) in [6, 6.07) is 18.7. The van der Waals surface area contributed by atoms with Crippen LogP contribution in [0, 0.1) is 13.8 Å². The minimum atomic E-state index is -3.63. The van der Waals surface area contributed by atoms with Crippen LogP contribution in [0.5, 0.6) is 0 Å². The van der Waals surface area contributed by atoms with Gasteiger partial charge in [-0.2, -0.15) is 4.31 Å². The van der Waals surface area contributed by atoms with Gasteiger partial charge in [-0.15, -0.1) is 0 Å². The van der Waals surface area contributed by atoms with Crippen LogP contribution < -0.4 is 5.32 Å². The maximum Gasteiger partial charge on any atom is 0.255 e. The molecule has 0 aliphatic heterocycles. The van der Waals surface area contributed by atoms with Gasteiger partial charge in [-0.25, -0.2) is 8.42 Å². The van der Waals surface area contributed by atoms with Gasteiger partial charge in [0.05, 0.1) is 4.90 Å². The number of carbonyl (C=O) groups is 1. The van der Waals surface area contributed by atoms with Crippen LogP contribution in [0.4, 0.5) is 5.69 Å². The highest BCUT2D eigenvalue weighted by atomic mass is 35.5. The SMILES string of the molecule is Cc1ccc(NC(=O)c2ccc(CN(C)S(=O)(=O)c3ccc(Cl)cc3)cc2)cc1C. The van der Waals surface area contributed by atoms with Crippen LogP contribution in [-0.4, -0.2) is 25.7 Å². The van der Waals surface area contributed by atoms with E-state index < -0.39 is 10.0 Å². The maximum absolute atomic E-state index is 12.7. The zero-order valence-electron chi connectivity index (χ0n) is 17.0. The fourth-order valence-corrected chi connectivity index (χ4v) is 4.20. The molecule has 0 spiro atoms. The highest BCUT2D eigenvalue weighted by Crippen LogP contribution is 2.20. The Morgan fingerprint density at radius 1 is 0.933 bits per heavy atom. The van der Waals surface area contributed by atoms with Gasteiger partial charge in [0.25, 0.3) is 5.91 Å². The molecule has 7 heteroatoms. The van der Waals surface area contributed by atoms with E-state index >= 15 is 0 Å². The Bertz CT molecular complexity index is 1160. The van der Waals surface area contributed by atoms with Crippen molar-refractivity contribution in [1.29, 1.82) is 0 Å². The van der Waals surface area contributed by atoms with Crippen molar-refractivity contribution < 1.29 is 13.2 Å². The van der Waals surface area contributed by atoms with Crippen LogP contribution in [0.25, 0.3) is 0 Å². The van der Waals surface area contributed by atoms with E-state index in [-0.39, 0.29) is 17.3 Å². The number of hydrogen-bond donors (Lipinski definition) is 1. The average Bonchev–Trinajstić information content (AvgIpc) is 2.71. The van der Waals surface area contributed by atoms with Gasteiger partial charge in [-0.3, -0.25) is 4.79 Å². The Hall–Kier alpha value is -2.67. The first-order valence-corrected chi connectivity index (χ1v) is 11.2. The number of benzene rings is 3. The first-order chi connectivity index (χ1) is 14.2. The highest BCUT2D eigenvalue weighted by Gasteiger charge is 2.21. The van der Waals surface area contributed by atoms with Crippen molar-refractivity contribution in [3.63, 3.8) is 0 Å². The number of nitrogens with one attached hydrogen (secondary N) is 1. The van der Waals surface area contributed by atoms with Crippen molar-refractivity contribution in [1.82, 2.24) is 4.31 Å². The monoisotopic (exact) mass is 442 g/mol. The fraction of sp³-hybridized carbons (Fsp3) is 0.174. The molecule has 5 nitrogen and oxygen atoms in total. The van der Waals surface area contributed by atoms with E-state index in [4.69, 9.17) is 11.6 Å². The molecule has 30 heavy (non-hydrogen) atoms. The zero-order valence-corrected chi connectivity index (χ0v) is 18.6.